The van der Waals surface area contributed by atoms with Crippen molar-refractivity contribution in [3.63, 3.8) is 0 Å². The van der Waals surface area contributed by atoms with Gasteiger partial charge in [-0.25, -0.2) is 0 Å². The zero-order chi connectivity index (χ0) is 19.6. The van der Waals surface area contributed by atoms with Crippen LogP contribution in [0.25, 0.3) is 0 Å². The van der Waals surface area contributed by atoms with Gasteiger partial charge in [0.1, 0.15) is 11.7 Å². The quantitative estimate of drug-likeness (QED) is 0.297. The molecule has 0 amide bonds. The largest absolute Gasteiger partial charge is 0.371 e. The summed E-state index contributed by atoms with van der Waals surface area (Å²) < 4.78 is 12.9. The van der Waals surface area contributed by atoms with Gasteiger partial charge in [-0.3, -0.25) is 0 Å². The number of hydrogen-bond donors (Lipinski definition) is 0. The highest BCUT2D eigenvalue weighted by atomic mass is 28.3. The summed E-state index contributed by atoms with van der Waals surface area (Å²) in [6.07, 6.45) is 0.196. The van der Waals surface area contributed by atoms with Crippen LogP contribution < -0.4 is 0 Å². The van der Waals surface area contributed by atoms with E-state index in [-0.39, 0.29) is 6.10 Å². The molecule has 0 unspecified atom stereocenters. The SMILES string of the molecule is C[Si](C)(C)[C@@H]1O[C@H]1COC(c1ccccc1)(c1ccccc1)c1ccccc1. The fraction of sp³-hybridized carbons (Fsp3) is 0.280. The molecule has 1 fully saturated rings. The van der Waals surface area contributed by atoms with Crippen molar-refractivity contribution in [2.45, 2.75) is 37.1 Å². The maximum atomic E-state index is 6.83. The predicted octanol–water partition coefficient (Wildman–Crippen LogP) is 5.64. The molecular weight excluding hydrogens is 360 g/mol. The smallest absolute Gasteiger partial charge is 0.143 e. The summed E-state index contributed by atoms with van der Waals surface area (Å²) in [6.45, 7) is 7.66. The standard InChI is InChI=1S/C25H28O2Si/c1-28(2,3)24-23(27-24)19-26-25(20-13-7-4-8-14-20,21-15-9-5-10-16-21)22-17-11-6-12-18-22/h4-18,23-24H,19H2,1-3H3/t23-,24-/m0/s1. The van der Waals surface area contributed by atoms with E-state index in [1.165, 1.54) is 0 Å². The lowest BCUT2D eigenvalue weighted by Gasteiger charge is -2.36. The maximum absolute atomic E-state index is 6.83. The molecule has 3 heteroatoms. The van der Waals surface area contributed by atoms with Gasteiger partial charge in [0.15, 0.2) is 0 Å². The van der Waals surface area contributed by atoms with Gasteiger partial charge in [0.05, 0.1) is 20.4 Å². The summed E-state index contributed by atoms with van der Waals surface area (Å²) in [5, 5.41) is 0. The molecule has 2 atom stereocenters. The Kier molecular flexibility index (Phi) is 5.24. The third-order valence-electron chi connectivity index (χ3n) is 5.44. The van der Waals surface area contributed by atoms with Gasteiger partial charge in [0, 0.05) is 0 Å². The molecule has 3 aromatic carbocycles. The number of rotatable bonds is 7. The van der Waals surface area contributed by atoms with Crippen LogP contribution in [0.15, 0.2) is 91.0 Å². The molecule has 1 heterocycles. The average molecular weight is 389 g/mol. The minimum atomic E-state index is -1.32. The van der Waals surface area contributed by atoms with Crippen LogP contribution in [-0.4, -0.2) is 26.5 Å². The van der Waals surface area contributed by atoms with Crippen LogP contribution in [0, 0.1) is 0 Å². The highest BCUT2D eigenvalue weighted by Crippen LogP contribution is 2.42. The predicted molar refractivity (Wildman–Crippen MR) is 117 cm³/mol. The molecule has 0 aliphatic carbocycles. The maximum Gasteiger partial charge on any atom is 0.143 e. The lowest BCUT2D eigenvalue weighted by Crippen LogP contribution is -2.36. The van der Waals surface area contributed by atoms with Crippen LogP contribution in [0.1, 0.15) is 16.7 Å². The third-order valence-corrected chi connectivity index (χ3v) is 7.66. The topological polar surface area (TPSA) is 21.8 Å². The molecule has 2 nitrogen and oxygen atoms in total. The Hall–Kier alpha value is -2.20. The molecule has 3 aromatic rings. The molecular formula is C25H28O2Si. The van der Waals surface area contributed by atoms with Gasteiger partial charge in [0.25, 0.3) is 0 Å². The van der Waals surface area contributed by atoms with E-state index in [0.29, 0.717) is 12.3 Å². The molecule has 28 heavy (non-hydrogen) atoms. The van der Waals surface area contributed by atoms with Crippen LogP contribution in [0.2, 0.25) is 19.6 Å². The highest BCUT2D eigenvalue weighted by molar-refractivity contribution is 6.78. The Morgan fingerprint density at radius 1 is 0.714 bits per heavy atom. The molecule has 1 aliphatic heterocycles. The van der Waals surface area contributed by atoms with Gasteiger partial charge in [-0.2, -0.15) is 0 Å². The number of epoxide rings is 1. The lowest BCUT2D eigenvalue weighted by atomic mass is 9.80. The highest BCUT2D eigenvalue weighted by Gasteiger charge is 2.50. The summed E-state index contributed by atoms with van der Waals surface area (Å²) in [5.41, 5.74) is 3.14. The van der Waals surface area contributed by atoms with Crippen molar-refractivity contribution in [3.05, 3.63) is 108 Å². The van der Waals surface area contributed by atoms with Crippen LogP contribution in [0.3, 0.4) is 0 Å². The Morgan fingerprint density at radius 2 is 1.11 bits per heavy atom. The fourth-order valence-electron chi connectivity index (χ4n) is 4.01. The summed E-state index contributed by atoms with van der Waals surface area (Å²) in [5.74, 6) is 0. The Morgan fingerprint density at radius 3 is 1.43 bits per heavy atom. The van der Waals surface area contributed by atoms with E-state index in [4.69, 9.17) is 9.47 Å². The second kappa shape index (κ2) is 7.67. The van der Waals surface area contributed by atoms with Crippen molar-refractivity contribution in [3.8, 4) is 0 Å². The van der Waals surface area contributed by atoms with Crippen molar-refractivity contribution in [2.24, 2.45) is 0 Å². The first-order valence-corrected chi connectivity index (χ1v) is 13.6. The number of hydrogen-bond acceptors (Lipinski definition) is 2. The normalized spacial score (nSPS) is 19.4. The fourth-order valence-corrected chi connectivity index (χ4v) is 5.80. The Labute approximate surface area is 169 Å². The average Bonchev–Trinajstić information content (AvgIpc) is 3.51. The molecule has 4 rings (SSSR count). The zero-order valence-corrected chi connectivity index (χ0v) is 17.8. The zero-order valence-electron chi connectivity index (χ0n) is 16.8. The minimum Gasteiger partial charge on any atom is -0.371 e. The van der Waals surface area contributed by atoms with E-state index >= 15 is 0 Å². The lowest BCUT2D eigenvalue weighted by molar-refractivity contribution is 0.00429. The van der Waals surface area contributed by atoms with E-state index in [0.717, 1.165) is 16.7 Å². The first-order chi connectivity index (χ1) is 13.5. The molecule has 144 valence electrons. The van der Waals surface area contributed by atoms with Crippen molar-refractivity contribution < 1.29 is 9.47 Å². The van der Waals surface area contributed by atoms with Crippen molar-refractivity contribution in [1.29, 1.82) is 0 Å². The van der Waals surface area contributed by atoms with Gasteiger partial charge < -0.3 is 9.47 Å². The summed E-state index contributed by atoms with van der Waals surface area (Å²) in [4.78, 5) is 0. The molecule has 1 aliphatic rings. The van der Waals surface area contributed by atoms with E-state index in [9.17, 15) is 0 Å². The van der Waals surface area contributed by atoms with Crippen molar-refractivity contribution in [1.82, 2.24) is 0 Å². The van der Waals surface area contributed by atoms with Crippen LogP contribution in [0.5, 0.6) is 0 Å². The minimum absolute atomic E-state index is 0.196. The Balaban J connectivity index is 1.78. The number of benzene rings is 3. The van der Waals surface area contributed by atoms with E-state index in [1.54, 1.807) is 0 Å². The van der Waals surface area contributed by atoms with Gasteiger partial charge in [-0.1, -0.05) is 111 Å². The second-order valence-electron chi connectivity index (χ2n) is 8.55. The second-order valence-corrected chi connectivity index (χ2v) is 13.9. The van der Waals surface area contributed by atoms with Gasteiger partial charge in [-0.15, -0.1) is 0 Å². The number of ether oxygens (including phenoxy) is 2. The Bertz CT molecular complexity index is 791. The van der Waals surface area contributed by atoms with Gasteiger partial charge in [-0.05, 0) is 16.7 Å². The first-order valence-electron chi connectivity index (χ1n) is 9.98. The summed E-state index contributed by atoms with van der Waals surface area (Å²) >= 11 is 0. The summed E-state index contributed by atoms with van der Waals surface area (Å²) in [6, 6.07) is 31.6. The summed E-state index contributed by atoms with van der Waals surface area (Å²) in [7, 11) is -1.32. The van der Waals surface area contributed by atoms with E-state index in [1.807, 2.05) is 0 Å². The van der Waals surface area contributed by atoms with Gasteiger partial charge >= 0.3 is 0 Å². The van der Waals surface area contributed by atoms with Crippen LogP contribution in [-0.2, 0) is 15.1 Å². The van der Waals surface area contributed by atoms with Crippen LogP contribution in [0.4, 0.5) is 0 Å². The van der Waals surface area contributed by atoms with E-state index < -0.39 is 13.7 Å². The van der Waals surface area contributed by atoms with E-state index in [2.05, 4.69) is 111 Å². The molecule has 1 saturated heterocycles. The molecule has 0 spiro atoms. The molecule has 0 bridgehead atoms. The molecule has 0 N–H and O–H groups in total. The third kappa shape index (κ3) is 3.70. The van der Waals surface area contributed by atoms with Gasteiger partial charge in [0.2, 0.25) is 0 Å². The monoisotopic (exact) mass is 388 g/mol. The van der Waals surface area contributed by atoms with Crippen molar-refractivity contribution >= 4 is 8.07 Å². The molecule has 0 saturated carbocycles. The molecule has 0 aromatic heterocycles. The van der Waals surface area contributed by atoms with Crippen molar-refractivity contribution in [2.75, 3.05) is 6.61 Å². The molecule has 0 radical (unpaired) electrons. The van der Waals surface area contributed by atoms with Crippen LogP contribution >= 0.6 is 0 Å². The first kappa shape index (κ1) is 19.1.